The molecule has 0 saturated heterocycles. The standard InChI is InChI=1S/C16H24N2O/c1-16(2,9-10-19)18(4)12-13-11-17(3)15-8-6-5-7-14(13)15/h5-8,11,19H,9-10,12H2,1-4H3. The van der Waals surface area contributed by atoms with Gasteiger partial charge in [0.15, 0.2) is 0 Å². The number of rotatable bonds is 5. The Morgan fingerprint density at radius 2 is 1.95 bits per heavy atom. The molecule has 2 aromatic rings. The van der Waals surface area contributed by atoms with E-state index in [0.29, 0.717) is 0 Å². The van der Waals surface area contributed by atoms with Crippen LogP contribution in [-0.4, -0.2) is 33.8 Å². The maximum Gasteiger partial charge on any atom is 0.0481 e. The molecule has 0 saturated carbocycles. The van der Waals surface area contributed by atoms with Crippen LogP contribution in [0.3, 0.4) is 0 Å². The Labute approximate surface area is 115 Å². The van der Waals surface area contributed by atoms with Crippen molar-refractivity contribution in [1.82, 2.24) is 9.47 Å². The molecule has 0 unspecified atom stereocenters. The minimum atomic E-state index is 0.00565. The predicted molar refractivity (Wildman–Crippen MR) is 80.2 cm³/mol. The lowest BCUT2D eigenvalue weighted by Gasteiger charge is -2.35. The fourth-order valence-electron chi connectivity index (χ4n) is 2.49. The van der Waals surface area contributed by atoms with Crippen LogP contribution in [0.2, 0.25) is 0 Å². The van der Waals surface area contributed by atoms with E-state index in [2.05, 4.69) is 67.9 Å². The lowest BCUT2D eigenvalue weighted by molar-refractivity contribution is 0.110. The lowest BCUT2D eigenvalue weighted by Crippen LogP contribution is -2.41. The first kappa shape index (κ1) is 14.1. The monoisotopic (exact) mass is 260 g/mol. The van der Waals surface area contributed by atoms with Crippen molar-refractivity contribution >= 4 is 10.9 Å². The minimum Gasteiger partial charge on any atom is -0.396 e. The predicted octanol–water partition coefficient (Wildman–Crippen LogP) is 2.77. The van der Waals surface area contributed by atoms with Crippen molar-refractivity contribution in [1.29, 1.82) is 0 Å². The number of aryl methyl sites for hydroxylation is 1. The number of aliphatic hydroxyl groups is 1. The van der Waals surface area contributed by atoms with Gasteiger partial charge in [-0.1, -0.05) is 18.2 Å². The molecule has 1 heterocycles. The van der Waals surface area contributed by atoms with Crippen molar-refractivity contribution in [3.8, 4) is 0 Å². The third-order valence-electron chi connectivity index (χ3n) is 4.14. The average molecular weight is 260 g/mol. The molecular weight excluding hydrogens is 236 g/mol. The number of aromatic nitrogens is 1. The highest BCUT2D eigenvalue weighted by Gasteiger charge is 2.23. The molecule has 0 amide bonds. The number of aliphatic hydroxyl groups excluding tert-OH is 1. The first-order valence-corrected chi connectivity index (χ1v) is 6.81. The molecule has 0 aliphatic heterocycles. The molecule has 1 N–H and O–H groups in total. The van der Waals surface area contributed by atoms with E-state index < -0.39 is 0 Å². The van der Waals surface area contributed by atoms with Crippen molar-refractivity contribution in [3.05, 3.63) is 36.0 Å². The summed E-state index contributed by atoms with van der Waals surface area (Å²) >= 11 is 0. The van der Waals surface area contributed by atoms with E-state index in [4.69, 9.17) is 5.11 Å². The van der Waals surface area contributed by atoms with Gasteiger partial charge < -0.3 is 9.67 Å². The molecular formula is C16H24N2O. The van der Waals surface area contributed by atoms with Gasteiger partial charge in [-0.25, -0.2) is 0 Å². The summed E-state index contributed by atoms with van der Waals surface area (Å²) < 4.78 is 2.18. The zero-order valence-corrected chi connectivity index (χ0v) is 12.3. The smallest absolute Gasteiger partial charge is 0.0481 e. The van der Waals surface area contributed by atoms with E-state index in [-0.39, 0.29) is 12.1 Å². The van der Waals surface area contributed by atoms with E-state index in [1.807, 2.05) is 0 Å². The summed E-state index contributed by atoms with van der Waals surface area (Å²) in [6, 6.07) is 8.49. The normalized spacial score (nSPS) is 12.5. The van der Waals surface area contributed by atoms with E-state index >= 15 is 0 Å². The fraction of sp³-hybridized carbons (Fsp3) is 0.500. The molecule has 0 aliphatic carbocycles. The maximum atomic E-state index is 9.16. The number of nitrogens with zero attached hydrogens (tertiary/aromatic N) is 2. The molecule has 0 radical (unpaired) electrons. The van der Waals surface area contributed by atoms with Crippen molar-refractivity contribution in [2.24, 2.45) is 7.05 Å². The molecule has 1 aromatic heterocycles. The summed E-state index contributed by atoms with van der Waals surface area (Å²) in [5, 5.41) is 10.5. The van der Waals surface area contributed by atoms with Crippen molar-refractivity contribution in [2.75, 3.05) is 13.7 Å². The topological polar surface area (TPSA) is 28.4 Å². The Bertz CT molecular complexity index is 557. The Morgan fingerprint density at radius 3 is 2.63 bits per heavy atom. The molecule has 19 heavy (non-hydrogen) atoms. The second-order valence-corrected chi connectivity index (χ2v) is 5.92. The average Bonchev–Trinajstić information content (AvgIpc) is 2.67. The minimum absolute atomic E-state index is 0.00565. The highest BCUT2D eigenvalue weighted by Crippen LogP contribution is 2.25. The first-order valence-electron chi connectivity index (χ1n) is 6.81. The Hall–Kier alpha value is -1.32. The van der Waals surface area contributed by atoms with Crippen molar-refractivity contribution in [3.63, 3.8) is 0 Å². The second kappa shape index (κ2) is 5.35. The van der Waals surface area contributed by atoms with Gasteiger partial charge in [-0.15, -0.1) is 0 Å². The number of hydrogen-bond acceptors (Lipinski definition) is 2. The second-order valence-electron chi connectivity index (χ2n) is 5.92. The van der Waals surface area contributed by atoms with E-state index in [1.165, 1.54) is 16.5 Å². The van der Waals surface area contributed by atoms with Crippen LogP contribution in [0.25, 0.3) is 10.9 Å². The van der Waals surface area contributed by atoms with Crippen LogP contribution in [0.15, 0.2) is 30.5 Å². The number of para-hydroxylation sites is 1. The summed E-state index contributed by atoms with van der Waals surface area (Å²) in [7, 11) is 4.21. The third-order valence-corrected chi connectivity index (χ3v) is 4.14. The quantitative estimate of drug-likeness (QED) is 0.895. The molecule has 104 valence electrons. The maximum absolute atomic E-state index is 9.16. The van der Waals surface area contributed by atoms with Gasteiger partial charge in [0.05, 0.1) is 0 Å². The summed E-state index contributed by atoms with van der Waals surface area (Å²) in [4.78, 5) is 2.31. The number of benzene rings is 1. The Kier molecular flexibility index (Phi) is 3.97. The van der Waals surface area contributed by atoms with Crippen molar-refractivity contribution in [2.45, 2.75) is 32.4 Å². The Balaban J connectivity index is 2.27. The number of fused-ring (bicyclic) bond motifs is 1. The van der Waals surface area contributed by atoms with Gasteiger partial charge in [0.25, 0.3) is 0 Å². The highest BCUT2D eigenvalue weighted by molar-refractivity contribution is 5.83. The third kappa shape index (κ3) is 2.82. The molecule has 0 fully saturated rings. The number of hydrogen-bond donors (Lipinski definition) is 1. The molecule has 2 rings (SSSR count). The zero-order valence-electron chi connectivity index (χ0n) is 12.3. The van der Waals surface area contributed by atoms with Gasteiger partial charge in [0.1, 0.15) is 0 Å². The van der Waals surface area contributed by atoms with Gasteiger partial charge in [0, 0.05) is 42.8 Å². The van der Waals surface area contributed by atoms with E-state index in [0.717, 1.165) is 13.0 Å². The van der Waals surface area contributed by atoms with E-state index in [1.54, 1.807) is 0 Å². The zero-order chi connectivity index (χ0) is 14.0. The SMILES string of the molecule is CN(Cc1cn(C)c2ccccc12)C(C)(C)CCO. The molecule has 3 heteroatoms. The summed E-state index contributed by atoms with van der Waals surface area (Å²) in [6.45, 7) is 5.48. The van der Waals surface area contributed by atoms with Gasteiger partial charge in [0.2, 0.25) is 0 Å². The molecule has 0 aliphatic rings. The van der Waals surface area contributed by atoms with Gasteiger partial charge in [-0.05, 0) is 38.9 Å². The summed E-state index contributed by atoms with van der Waals surface area (Å²) in [6.07, 6.45) is 2.99. The lowest BCUT2D eigenvalue weighted by atomic mass is 9.98. The summed E-state index contributed by atoms with van der Waals surface area (Å²) in [5.41, 5.74) is 2.61. The van der Waals surface area contributed by atoms with Crippen LogP contribution < -0.4 is 0 Å². The molecule has 0 atom stereocenters. The fourth-order valence-corrected chi connectivity index (χ4v) is 2.49. The van der Waals surface area contributed by atoms with Gasteiger partial charge in [-0.2, -0.15) is 0 Å². The van der Waals surface area contributed by atoms with Crippen molar-refractivity contribution < 1.29 is 5.11 Å². The largest absolute Gasteiger partial charge is 0.396 e. The van der Waals surface area contributed by atoms with E-state index in [9.17, 15) is 0 Å². The molecule has 1 aromatic carbocycles. The highest BCUT2D eigenvalue weighted by atomic mass is 16.3. The van der Waals surface area contributed by atoms with Gasteiger partial charge in [-0.3, -0.25) is 4.90 Å². The van der Waals surface area contributed by atoms with Gasteiger partial charge >= 0.3 is 0 Å². The van der Waals surface area contributed by atoms with Crippen LogP contribution in [0, 0.1) is 0 Å². The van der Waals surface area contributed by atoms with Crippen LogP contribution in [0.1, 0.15) is 25.8 Å². The van der Waals surface area contributed by atoms with Crippen LogP contribution in [0.4, 0.5) is 0 Å². The van der Waals surface area contributed by atoms with Crippen LogP contribution in [0.5, 0.6) is 0 Å². The Morgan fingerprint density at radius 1 is 1.26 bits per heavy atom. The van der Waals surface area contributed by atoms with Crippen LogP contribution in [-0.2, 0) is 13.6 Å². The molecule has 3 nitrogen and oxygen atoms in total. The van der Waals surface area contributed by atoms with Crippen LogP contribution >= 0.6 is 0 Å². The summed E-state index contributed by atoms with van der Waals surface area (Å²) in [5.74, 6) is 0. The molecule has 0 bridgehead atoms. The first-order chi connectivity index (χ1) is 8.95. The molecule has 0 spiro atoms.